The number of carbonyl (C=O) groups is 1. The van der Waals surface area contributed by atoms with Gasteiger partial charge in [0.2, 0.25) is 0 Å². The Kier molecular flexibility index (Phi) is 4.48. The van der Waals surface area contributed by atoms with Crippen molar-refractivity contribution < 1.29 is 9.18 Å². The summed E-state index contributed by atoms with van der Waals surface area (Å²) in [4.78, 5) is 12.2. The Morgan fingerprint density at radius 3 is 2.24 bits per heavy atom. The number of halogens is 2. The molecule has 0 saturated heterocycles. The van der Waals surface area contributed by atoms with Gasteiger partial charge in [-0.05, 0) is 28.7 Å². The van der Waals surface area contributed by atoms with Crippen molar-refractivity contribution in [2.75, 3.05) is 0 Å². The van der Waals surface area contributed by atoms with Crippen molar-refractivity contribution in [3.63, 3.8) is 0 Å². The molecule has 2 aromatic carbocycles. The molecule has 0 aliphatic rings. The van der Waals surface area contributed by atoms with Gasteiger partial charge in [-0.2, -0.15) is 0 Å². The van der Waals surface area contributed by atoms with E-state index >= 15 is 0 Å². The lowest BCUT2D eigenvalue weighted by molar-refractivity contribution is 0.0993. The lowest BCUT2D eigenvalue weighted by Gasteiger charge is -2.19. The van der Waals surface area contributed by atoms with Crippen LogP contribution < -0.4 is 0 Å². The number of Topliss-reactive ketones (excluding diaryl/α,β-unsaturated/α-hetero) is 1. The van der Waals surface area contributed by atoms with E-state index < -0.39 is 5.82 Å². The van der Waals surface area contributed by atoms with Crippen LogP contribution in [0.2, 0.25) is 5.02 Å². The number of rotatable bonds is 3. The summed E-state index contributed by atoms with van der Waals surface area (Å²) in [5, 5.41) is 0.0448. The first-order valence-electron chi connectivity index (χ1n) is 6.85. The van der Waals surface area contributed by atoms with Gasteiger partial charge in [-0.1, -0.05) is 62.7 Å². The third kappa shape index (κ3) is 3.92. The van der Waals surface area contributed by atoms with Gasteiger partial charge in [-0.25, -0.2) is 4.39 Å². The molecule has 2 rings (SSSR count). The molecule has 0 heterocycles. The first-order valence-corrected chi connectivity index (χ1v) is 7.23. The average Bonchev–Trinajstić information content (AvgIpc) is 2.42. The summed E-state index contributed by atoms with van der Waals surface area (Å²) in [5.74, 6) is -0.472. The lowest BCUT2D eigenvalue weighted by atomic mass is 9.86. The quantitative estimate of drug-likeness (QED) is 0.712. The number of hydrogen-bond donors (Lipinski definition) is 0. The van der Waals surface area contributed by atoms with Crippen molar-refractivity contribution in [1.82, 2.24) is 0 Å². The van der Waals surface area contributed by atoms with Crippen molar-refractivity contribution >= 4 is 17.4 Å². The van der Waals surface area contributed by atoms with E-state index in [2.05, 4.69) is 20.8 Å². The van der Waals surface area contributed by atoms with Gasteiger partial charge in [0.1, 0.15) is 5.82 Å². The van der Waals surface area contributed by atoms with Crippen LogP contribution in [0.5, 0.6) is 0 Å². The van der Waals surface area contributed by atoms with Gasteiger partial charge in [0.15, 0.2) is 5.78 Å². The molecule has 21 heavy (non-hydrogen) atoms. The molecule has 0 aromatic heterocycles. The van der Waals surface area contributed by atoms with Gasteiger partial charge >= 0.3 is 0 Å². The fourth-order valence-corrected chi connectivity index (χ4v) is 2.30. The maximum Gasteiger partial charge on any atom is 0.167 e. The van der Waals surface area contributed by atoms with Crippen LogP contribution in [0.1, 0.15) is 42.3 Å². The molecule has 0 radical (unpaired) electrons. The van der Waals surface area contributed by atoms with Gasteiger partial charge < -0.3 is 0 Å². The SMILES string of the molecule is CC(C)(C)c1ccc(C(=O)Cc2ccc(F)c(Cl)c2)cc1. The fourth-order valence-electron chi connectivity index (χ4n) is 2.09. The predicted molar refractivity (Wildman–Crippen MR) is 84.6 cm³/mol. The summed E-state index contributed by atoms with van der Waals surface area (Å²) in [6, 6.07) is 12.0. The highest BCUT2D eigenvalue weighted by molar-refractivity contribution is 6.30. The van der Waals surface area contributed by atoms with E-state index in [1.807, 2.05) is 24.3 Å². The highest BCUT2D eigenvalue weighted by Gasteiger charge is 2.14. The van der Waals surface area contributed by atoms with Gasteiger partial charge in [0.25, 0.3) is 0 Å². The standard InChI is InChI=1S/C18H18ClFO/c1-18(2,3)14-7-5-13(6-8-14)17(21)11-12-4-9-16(20)15(19)10-12/h4-10H,11H2,1-3H3. The van der Waals surface area contributed by atoms with E-state index in [0.717, 1.165) is 0 Å². The van der Waals surface area contributed by atoms with Gasteiger partial charge in [-0.15, -0.1) is 0 Å². The highest BCUT2D eigenvalue weighted by atomic mass is 35.5. The molecule has 0 fully saturated rings. The van der Waals surface area contributed by atoms with Crippen molar-refractivity contribution in [3.8, 4) is 0 Å². The second-order valence-electron chi connectivity index (χ2n) is 6.18. The molecule has 0 aliphatic carbocycles. The number of ketones is 1. The zero-order valence-electron chi connectivity index (χ0n) is 12.4. The lowest BCUT2D eigenvalue weighted by Crippen LogP contribution is -2.11. The molecule has 0 aliphatic heterocycles. The van der Waals surface area contributed by atoms with Crippen LogP contribution in [0, 0.1) is 5.82 Å². The minimum Gasteiger partial charge on any atom is -0.294 e. The number of benzene rings is 2. The van der Waals surface area contributed by atoms with Crippen LogP contribution in [0.25, 0.3) is 0 Å². The van der Waals surface area contributed by atoms with Crippen LogP contribution in [0.4, 0.5) is 4.39 Å². The minimum atomic E-state index is -0.470. The maximum absolute atomic E-state index is 13.1. The van der Waals surface area contributed by atoms with Gasteiger partial charge in [0.05, 0.1) is 5.02 Å². The first kappa shape index (κ1) is 15.7. The van der Waals surface area contributed by atoms with E-state index in [1.54, 1.807) is 6.07 Å². The molecular formula is C18H18ClFO. The van der Waals surface area contributed by atoms with Crippen LogP contribution in [-0.4, -0.2) is 5.78 Å². The molecule has 0 saturated carbocycles. The summed E-state index contributed by atoms with van der Waals surface area (Å²) in [6.45, 7) is 6.39. The van der Waals surface area contributed by atoms with Gasteiger partial charge in [-0.3, -0.25) is 4.79 Å². The first-order chi connectivity index (χ1) is 9.77. The summed E-state index contributed by atoms with van der Waals surface area (Å²) in [6.07, 6.45) is 0.217. The summed E-state index contributed by atoms with van der Waals surface area (Å²) in [5.41, 5.74) is 2.62. The average molecular weight is 305 g/mol. The second-order valence-corrected chi connectivity index (χ2v) is 6.58. The Labute approximate surface area is 129 Å². The second kappa shape index (κ2) is 5.98. The Bertz CT molecular complexity index is 654. The van der Waals surface area contributed by atoms with E-state index in [9.17, 15) is 9.18 Å². The molecule has 0 unspecified atom stereocenters. The van der Waals surface area contributed by atoms with Crippen molar-refractivity contribution in [1.29, 1.82) is 0 Å². The van der Waals surface area contributed by atoms with Crippen molar-refractivity contribution in [2.24, 2.45) is 0 Å². The van der Waals surface area contributed by atoms with Crippen LogP contribution in [0.15, 0.2) is 42.5 Å². The molecule has 0 amide bonds. The predicted octanol–water partition coefficient (Wildman–Crippen LogP) is 5.20. The molecule has 0 N–H and O–H groups in total. The normalized spacial score (nSPS) is 11.5. The molecule has 1 nitrogen and oxygen atoms in total. The maximum atomic E-state index is 13.1. The summed E-state index contributed by atoms with van der Waals surface area (Å²) < 4.78 is 13.1. The Morgan fingerprint density at radius 2 is 1.71 bits per heavy atom. The van der Waals surface area contributed by atoms with Crippen LogP contribution in [0.3, 0.4) is 0 Å². The Morgan fingerprint density at radius 1 is 1.10 bits per heavy atom. The highest BCUT2D eigenvalue weighted by Crippen LogP contribution is 2.23. The molecule has 110 valence electrons. The van der Waals surface area contributed by atoms with E-state index in [-0.39, 0.29) is 22.6 Å². The van der Waals surface area contributed by atoms with E-state index in [4.69, 9.17) is 11.6 Å². The molecular weight excluding hydrogens is 287 g/mol. The smallest absolute Gasteiger partial charge is 0.167 e. The number of hydrogen-bond acceptors (Lipinski definition) is 1. The molecule has 2 aromatic rings. The van der Waals surface area contributed by atoms with Crippen LogP contribution >= 0.6 is 11.6 Å². The van der Waals surface area contributed by atoms with Crippen LogP contribution in [-0.2, 0) is 11.8 Å². The van der Waals surface area contributed by atoms with E-state index in [0.29, 0.717) is 11.1 Å². The third-order valence-corrected chi connectivity index (χ3v) is 3.71. The summed E-state index contributed by atoms with van der Waals surface area (Å²) >= 11 is 5.73. The van der Waals surface area contributed by atoms with E-state index in [1.165, 1.54) is 17.7 Å². The largest absolute Gasteiger partial charge is 0.294 e. The van der Waals surface area contributed by atoms with Crippen molar-refractivity contribution in [2.45, 2.75) is 32.6 Å². The fraction of sp³-hybridized carbons (Fsp3) is 0.278. The topological polar surface area (TPSA) is 17.1 Å². The third-order valence-electron chi connectivity index (χ3n) is 3.42. The zero-order chi connectivity index (χ0) is 15.6. The monoisotopic (exact) mass is 304 g/mol. The molecule has 3 heteroatoms. The molecule has 0 bridgehead atoms. The van der Waals surface area contributed by atoms with Gasteiger partial charge in [0, 0.05) is 12.0 Å². The molecule has 0 spiro atoms. The zero-order valence-corrected chi connectivity index (χ0v) is 13.2. The van der Waals surface area contributed by atoms with Crippen molar-refractivity contribution in [3.05, 3.63) is 70.0 Å². The Balaban J connectivity index is 2.15. The Hall–Kier alpha value is -1.67. The molecule has 0 atom stereocenters. The minimum absolute atomic E-state index is 0.00173. The summed E-state index contributed by atoms with van der Waals surface area (Å²) in [7, 11) is 0. The number of carbonyl (C=O) groups excluding carboxylic acids is 1.